The first-order chi connectivity index (χ1) is 14.4. The standard InChI is InChI=1S/C23H24N2O4S/c1-3-29-23(26)18-10-12-20(13-11-18)24-16-19-6-4-5-7-22(19)25-30(27,28)21-14-8-17(2)9-15-21/h4-15,24-25H,3,16H2,1-2H3. The third-order valence-corrected chi connectivity index (χ3v) is 5.85. The van der Waals surface area contributed by atoms with Crippen LogP contribution in [-0.4, -0.2) is 21.0 Å². The van der Waals surface area contributed by atoms with Crippen molar-refractivity contribution in [2.24, 2.45) is 0 Å². The van der Waals surface area contributed by atoms with Gasteiger partial charge in [0.05, 0.1) is 22.8 Å². The van der Waals surface area contributed by atoms with E-state index >= 15 is 0 Å². The van der Waals surface area contributed by atoms with Crippen LogP contribution in [0.5, 0.6) is 0 Å². The number of aryl methyl sites for hydroxylation is 1. The Hall–Kier alpha value is -3.32. The number of sulfonamides is 1. The SMILES string of the molecule is CCOC(=O)c1ccc(NCc2ccccc2NS(=O)(=O)c2ccc(C)cc2)cc1. The van der Waals surface area contributed by atoms with Crippen LogP contribution < -0.4 is 10.0 Å². The third-order valence-electron chi connectivity index (χ3n) is 4.47. The number of carbonyl (C=O) groups is 1. The fraction of sp³-hybridized carbons (Fsp3) is 0.174. The molecule has 0 saturated carbocycles. The Kier molecular flexibility index (Phi) is 6.74. The van der Waals surface area contributed by atoms with E-state index in [1.54, 1.807) is 67.6 Å². The Balaban J connectivity index is 1.71. The number of hydrogen-bond acceptors (Lipinski definition) is 5. The Morgan fingerprint density at radius 3 is 2.27 bits per heavy atom. The van der Waals surface area contributed by atoms with Crippen LogP contribution >= 0.6 is 0 Å². The highest BCUT2D eigenvalue weighted by Crippen LogP contribution is 2.22. The second kappa shape index (κ2) is 9.45. The van der Waals surface area contributed by atoms with Crippen LogP contribution in [0.1, 0.15) is 28.4 Å². The summed E-state index contributed by atoms with van der Waals surface area (Å²) in [6, 6.07) is 20.9. The number of ether oxygens (including phenoxy) is 1. The van der Waals surface area contributed by atoms with Gasteiger partial charge in [0.2, 0.25) is 0 Å². The number of anilines is 2. The highest BCUT2D eigenvalue weighted by molar-refractivity contribution is 7.92. The van der Waals surface area contributed by atoms with Crippen molar-refractivity contribution in [1.82, 2.24) is 0 Å². The van der Waals surface area contributed by atoms with Crippen molar-refractivity contribution >= 4 is 27.4 Å². The predicted molar refractivity (Wildman–Crippen MR) is 118 cm³/mol. The molecule has 0 fully saturated rings. The molecule has 3 rings (SSSR count). The summed E-state index contributed by atoms with van der Waals surface area (Å²) < 4.78 is 33.1. The lowest BCUT2D eigenvalue weighted by Gasteiger charge is -2.14. The number of hydrogen-bond donors (Lipinski definition) is 2. The van der Waals surface area contributed by atoms with Gasteiger partial charge in [0.15, 0.2) is 0 Å². The second-order valence-electron chi connectivity index (χ2n) is 6.73. The summed E-state index contributed by atoms with van der Waals surface area (Å²) >= 11 is 0. The van der Waals surface area contributed by atoms with Gasteiger partial charge in [-0.25, -0.2) is 13.2 Å². The van der Waals surface area contributed by atoms with E-state index in [-0.39, 0.29) is 10.9 Å². The number of benzene rings is 3. The van der Waals surface area contributed by atoms with Gasteiger partial charge in [-0.2, -0.15) is 0 Å². The summed E-state index contributed by atoms with van der Waals surface area (Å²) in [6.45, 7) is 4.40. The molecular formula is C23H24N2O4S. The van der Waals surface area contributed by atoms with Gasteiger partial charge < -0.3 is 10.1 Å². The van der Waals surface area contributed by atoms with Crippen molar-refractivity contribution in [1.29, 1.82) is 0 Å². The van der Waals surface area contributed by atoms with Gasteiger partial charge in [0.25, 0.3) is 10.0 Å². The van der Waals surface area contributed by atoms with Crippen molar-refractivity contribution < 1.29 is 17.9 Å². The van der Waals surface area contributed by atoms with Crippen molar-refractivity contribution in [3.63, 3.8) is 0 Å². The fourth-order valence-corrected chi connectivity index (χ4v) is 3.93. The third kappa shape index (κ3) is 5.39. The van der Waals surface area contributed by atoms with Crippen molar-refractivity contribution in [3.8, 4) is 0 Å². The van der Waals surface area contributed by atoms with Crippen molar-refractivity contribution in [3.05, 3.63) is 89.5 Å². The second-order valence-corrected chi connectivity index (χ2v) is 8.41. The van der Waals surface area contributed by atoms with E-state index in [1.807, 2.05) is 19.1 Å². The zero-order chi connectivity index (χ0) is 21.6. The first kappa shape index (κ1) is 21.4. The van der Waals surface area contributed by atoms with Crippen molar-refractivity contribution in [2.75, 3.05) is 16.6 Å². The van der Waals surface area contributed by atoms with Gasteiger partial charge in [-0.3, -0.25) is 4.72 Å². The first-order valence-corrected chi connectivity index (χ1v) is 11.1. The Morgan fingerprint density at radius 1 is 0.933 bits per heavy atom. The lowest BCUT2D eigenvalue weighted by atomic mass is 10.1. The van der Waals surface area contributed by atoms with Gasteiger partial charge in [-0.15, -0.1) is 0 Å². The minimum Gasteiger partial charge on any atom is -0.462 e. The van der Waals surface area contributed by atoms with E-state index in [0.717, 1.165) is 16.8 Å². The van der Waals surface area contributed by atoms with Crippen LogP contribution in [0.25, 0.3) is 0 Å². The van der Waals surface area contributed by atoms with E-state index in [0.29, 0.717) is 24.4 Å². The zero-order valence-electron chi connectivity index (χ0n) is 16.9. The van der Waals surface area contributed by atoms with E-state index in [1.165, 1.54) is 0 Å². The number of para-hydroxylation sites is 1. The van der Waals surface area contributed by atoms with E-state index in [4.69, 9.17) is 4.74 Å². The van der Waals surface area contributed by atoms with Crippen LogP contribution in [0.15, 0.2) is 77.7 Å². The summed E-state index contributed by atoms with van der Waals surface area (Å²) in [6.07, 6.45) is 0. The highest BCUT2D eigenvalue weighted by atomic mass is 32.2. The summed E-state index contributed by atoms with van der Waals surface area (Å²) in [5.74, 6) is -0.361. The lowest BCUT2D eigenvalue weighted by molar-refractivity contribution is 0.0526. The molecule has 6 nitrogen and oxygen atoms in total. The zero-order valence-corrected chi connectivity index (χ0v) is 17.7. The molecule has 0 amide bonds. The van der Waals surface area contributed by atoms with Gasteiger partial charge in [-0.05, 0) is 61.9 Å². The summed E-state index contributed by atoms with van der Waals surface area (Å²) in [5, 5.41) is 3.25. The minimum absolute atomic E-state index is 0.213. The van der Waals surface area contributed by atoms with Crippen LogP contribution in [0.3, 0.4) is 0 Å². The molecule has 0 spiro atoms. The molecule has 2 N–H and O–H groups in total. The molecule has 0 heterocycles. The number of carbonyl (C=O) groups excluding carboxylic acids is 1. The fourth-order valence-electron chi connectivity index (χ4n) is 2.83. The monoisotopic (exact) mass is 424 g/mol. The largest absolute Gasteiger partial charge is 0.462 e. The summed E-state index contributed by atoms with van der Waals surface area (Å²) in [5.41, 5.74) is 3.58. The molecule has 3 aromatic carbocycles. The van der Waals surface area contributed by atoms with E-state index in [9.17, 15) is 13.2 Å². The molecule has 0 atom stereocenters. The first-order valence-electron chi connectivity index (χ1n) is 9.57. The molecule has 0 aromatic heterocycles. The number of esters is 1. The predicted octanol–water partition coefficient (Wildman–Crippen LogP) is 4.58. The van der Waals surface area contributed by atoms with Gasteiger partial charge in [0, 0.05) is 12.2 Å². The summed E-state index contributed by atoms with van der Waals surface area (Å²) in [4.78, 5) is 12.0. The van der Waals surface area contributed by atoms with Gasteiger partial charge in [0.1, 0.15) is 0 Å². The van der Waals surface area contributed by atoms with Crippen LogP contribution in [-0.2, 0) is 21.3 Å². The normalized spacial score (nSPS) is 11.0. The topological polar surface area (TPSA) is 84.5 Å². The van der Waals surface area contributed by atoms with Crippen LogP contribution in [0, 0.1) is 6.92 Å². The average molecular weight is 425 g/mol. The molecule has 0 radical (unpaired) electrons. The maximum Gasteiger partial charge on any atom is 0.338 e. The molecule has 0 saturated heterocycles. The molecule has 0 unspecified atom stereocenters. The molecule has 0 aliphatic rings. The molecule has 3 aromatic rings. The maximum absolute atomic E-state index is 12.7. The molecule has 0 aliphatic carbocycles. The average Bonchev–Trinajstić information content (AvgIpc) is 2.74. The number of nitrogens with one attached hydrogen (secondary N) is 2. The lowest BCUT2D eigenvalue weighted by Crippen LogP contribution is -2.15. The van der Waals surface area contributed by atoms with Gasteiger partial charge >= 0.3 is 5.97 Å². The molecule has 0 bridgehead atoms. The molecule has 0 aliphatic heterocycles. The Morgan fingerprint density at radius 2 is 1.60 bits per heavy atom. The van der Waals surface area contributed by atoms with Crippen LogP contribution in [0.2, 0.25) is 0 Å². The Labute approximate surface area is 177 Å². The molecular weight excluding hydrogens is 400 g/mol. The van der Waals surface area contributed by atoms with Crippen LogP contribution in [0.4, 0.5) is 11.4 Å². The smallest absolute Gasteiger partial charge is 0.338 e. The minimum atomic E-state index is -3.69. The maximum atomic E-state index is 12.7. The molecule has 7 heteroatoms. The highest BCUT2D eigenvalue weighted by Gasteiger charge is 2.15. The van der Waals surface area contributed by atoms with E-state index in [2.05, 4.69) is 10.0 Å². The molecule has 156 valence electrons. The van der Waals surface area contributed by atoms with Crippen molar-refractivity contribution in [2.45, 2.75) is 25.3 Å². The number of rotatable bonds is 8. The Bertz CT molecular complexity index is 1110. The quantitative estimate of drug-likeness (QED) is 0.517. The van der Waals surface area contributed by atoms with E-state index < -0.39 is 10.0 Å². The molecule has 30 heavy (non-hydrogen) atoms. The summed E-state index contributed by atoms with van der Waals surface area (Å²) in [7, 11) is -3.69. The van der Waals surface area contributed by atoms with Gasteiger partial charge in [-0.1, -0.05) is 35.9 Å².